The van der Waals surface area contributed by atoms with Crippen LogP contribution in [-0.2, 0) is 6.54 Å². The van der Waals surface area contributed by atoms with Crippen molar-refractivity contribution in [2.45, 2.75) is 32.0 Å². The number of phenolic OH excluding ortho intramolecular Hbond substituents is 1. The number of halogens is 1. The summed E-state index contributed by atoms with van der Waals surface area (Å²) in [6.45, 7) is 2.53. The van der Waals surface area contributed by atoms with Crippen LogP contribution < -0.4 is 10.1 Å². The van der Waals surface area contributed by atoms with Gasteiger partial charge in [0.25, 0.3) is 0 Å². The molecule has 2 aromatic carbocycles. The number of aromatic hydroxyl groups is 1. The lowest BCUT2D eigenvalue weighted by Gasteiger charge is -2.18. The van der Waals surface area contributed by atoms with Crippen molar-refractivity contribution in [1.29, 1.82) is 0 Å². The number of aliphatic hydroxyl groups is 1. The minimum Gasteiger partial charge on any atom is -0.504 e. The number of aliphatic hydroxyl groups excluding tert-OH is 1. The number of hydrogen-bond acceptors (Lipinski definition) is 4. The van der Waals surface area contributed by atoms with Gasteiger partial charge in [0.05, 0.1) is 13.2 Å². The van der Waals surface area contributed by atoms with E-state index < -0.39 is 6.10 Å². The quantitative estimate of drug-likeness (QED) is 0.734. The monoisotopic (exact) mass is 319 g/mol. The average Bonchev–Trinajstić information content (AvgIpc) is 2.53. The first-order valence-corrected chi connectivity index (χ1v) is 7.52. The molecule has 0 heterocycles. The van der Waals surface area contributed by atoms with Gasteiger partial charge in [-0.05, 0) is 48.7 Å². The molecule has 0 aliphatic carbocycles. The molecule has 3 N–H and O–H groups in total. The van der Waals surface area contributed by atoms with Crippen LogP contribution in [0.5, 0.6) is 11.5 Å². The van der Waals surface area contributed by atoms with Gasteiger partial charge in [-0.25, -0.2) is 4.39 Å². The molecule has 0 fully saturated rings. The van der Waals surface area contributed by atoms with Gasteiger partial charge in [-0.15, -0.1) is 0 Å². The van der Waals surface area contributed by atoms with Crippen LogP contribution in [-0.4, -0.2) is 23.4 Å². The molecule has 0 aliphatic heterocycles. The summed E-state index contributed by atoms with van der Waals surface area (Å²) in [5.74, 6) is 0.228. The number of ether oxygens (including phenoxy) is 1. The topological polar surface area (TPSA) is 61.7 Å². The summed E-state index contributed by atoms with van der Waals surface area (Å²) in [4.78, 5) is 0. The normalized spacial score (nSPS) is 13.6. The van der Waals surface area contributed by atoms with E-state index in [9.17, 15) is 14.6 Å². The van der Waals surface area contributed by atoms with Crippen LogP contribution in [0.15, 0.2) is 42.5 Å². The largest absolute Gasteiger partial charge is 0.504 e. The Balaban J connectivity index is 1.86. The molecule has 0 aliphatic rings. The van der Waals surface area contributed by atoms with Crippen molar-refractivity contribution in [3.8, 4) is 11.5 Å². The van der Waals surface area contributed by atoms with E-state index >= 15 is 0 Å². The van der Waals surface area contributed by atoms with Crippen molar-refractivity contribution in [3.05, 3.63) is 59.4 Å². The lowest BCUT2D eigenvalue weighted by atomic mass is 10.0. The number of rotatable bonds is 7. The Morgan fingerprint density at radius 1 is 1.17 bits per heavy atom. The molecule has 0 bridgehead atoms. The summed E-state index contributed by atoms with van der Waals surface area (Å²) >= 11 is 0. The van der Waals surface area contributed by atoms with Gasteiger partial charge < -0.3 is 20.3 Å². The molecule has 0 aromatic heterocycles. The molecule has 2 rings (SSSR count). The Kier molecular flexibility index (Phi) is 5.96. The molecule has 0 spiro atoms. The number of hydrogen-bond donors (Lipinski definition) is 3. The van der Waals surface area contributed by atoms with Gasteiger partial charge in [0.15, 0.2) is 11.5 Å². The van der Waals surface area contributed by atoms with E-state index in [2.05, 4.69) is 5.32 Å². The van der Waals surface area contributed by atoms with Gasteiger partial charge in [-0.3, -0.25) is 0 Å². The Labute approximate surface area is 135 Å². The highest BCUT2D eigenvalue weighted by Crippen LogP contribution is 2.26. The first-order chi connectivity index (χ1) is 11.0. The predicted octanol–water partition coefficient (Wildman–Crippen LogP) is 3.14. The predicted molar refractivity (Wildman–Crippen MR) is 86.9 cm³/mol. The maximum Gasteiger partial charge on any atom is 0.160 e. The van der Waals surface area contributed by atoms with Gasteiger partial charge >= 0.3 is 0 Å². The highest BCUT2D eigenvalue weighted by Gasteiger charge is 2.12. The van der Waals surface area contributed by atoms with Crippen LogP contribution in [0.25, 0.3) is 0 Å². The van der Waals surface area contributed by atoms with Crippen molar-refractivity contribution >= 4 is 0 Å². The number of methoxy groups -OCH3 is 1. The molecule has 0 saturated carbocycles. The van der Waals surface area contributed by atoms with Crippen molar-refractivity contribution < 1.29 is 19.3 Å². The van der Waals surface area contributed by atoms with Crippen LogP contribution >= 0.6 is 0 Å². The van der Waals surface area contributed by atoms with E-state index in [1.807, 2.05) is 13.0 Å². The van der Waals surface area contributed by atoms with Crippen molar-refractivity contribution in [2.24, 2.45) is 0 Å². The summed E-state index contributed by atoms with van der Waals surface area (Å²) < 4.78 is 17.9. The third-order valence-corrected chi connectivity index (χ3v) is 3.73. The zero-order valence-corrected chi connectivity index (χ0v) is 13.3. The zero-order chi connectivity index (χ0) is 16.8. The molecular formula is C18H22FNO3. The summed E-state index contributed by atoms with van der Waals surface area (Å²) in [7, 11) is 1.51. The minimum absolute atomic E-state index is 0.0549. The Morgan fingerprint density at radius 3 is 2.48 bits per heavy atom. The summed E-state index contributed by atoms with van der Waals surface area (Å²) in [5.41, 5.74) is 1.62. The van der Waals surface area contributed by atoms with Gasteiger partial charge in [0.2, 0.25) is 0 Å². The van der Waals surface area contributed by atoms with Gasteiger partial charge in [-0.2, -0.15) is 0 Å². The maximum atomic E-state index is 12.9. The minimum atomic E-state index is -0.651. The van der Waals surface area contributed by atoms with Crippen molar-refractivity contribution in [1.82, 2.24) is 5.32 Å². The molecule has 0 saturated heterocycles. The molecule has 0 radical (unpaired) electrons. The van der Waals surface area contributed by atoms with E-state index in [0.717, 1.165) is 5.56 Å². The lowest BCUT2D eigenvalue weighted by molar-refractivity contribution is 0.153. The summed E-state index contributed by atoms with van der Waals surface area (Å²) in [5, 5.41) is 23.2. The highest BCUT2D eigenvalue weighted by molar-refractivity contribution is 5.41. The second-order valence-corrected chi connectivity index (χ2v) is 5.59. The van der Waals surface area contributed by atoms with Gasteiger partial charge in [0, 0.05) is 12.6 Å². The second kappa shape index (κ2) is 7.94. The Morgan fingerprint density at radius 2 is 1.87 bits per heavy atom. The number of nitrogens with one attached hydrogen (secondary N) is 1. The second-order valence-electron chi connectivity index (χ2n) is 5.59. The highest BCUT2D eigenvalue weighted by atomic mass is 19.1. The van der Waals surface area contributed by atoms with Crippen LogP contribution in [0.3, 0.4) is 0 Å². The zero-order valence-electron chi connectivity index (χ0n) is 13.3. The molecule has 23 heavy (non-hydrogen) atoms. The van der Waals surface area contributed by atoms with Crippen molar-refractivity contribution in [3.63, 3.8) is 0 Å². The van der Waals surface area contributed by atoms with E-state index in [4.69, 9.17) is 4.74 Å². The molecule has 2 atom stereocenters. The molecular weight excluding hydrogens is 297 g/mol. The van der Waals surface area contributed by atoms with E-state index in [0.29, 0.717) is 24.3 Å². The molecule has 2 unspecified atom stereocenters. The average molecular weight is 319 g/mol. The molecule has 4 nitrogen and oxygen atoms in total. The van der Waals surface area contributed by atoms with E-state index in [1.165, 1.54) is 19.2 Å². The fourth-order valence-corrected chi connectivity index (χ4v) is 2.38. The van der Waals surface area contributed by atoms with Gasteiger partial charge in [0.1, 0.15) is 5.82 Å². The van der Waals surface area contributed by atoms with Gasteiger partial charge in [-0.1, -0.05) is 18.2 Å². The first-order valence-electron chi connectivity index (χ1n) is 7.52. The number of phenols is 1. The SMILES string of the molecule is COc1ccc(CNC(C)CC(O)c2ccc(F)cc2)cc1O. The fourth-order valence-electron chi connectivity index (χ4n) is 2.38. The standard InChI is InChI=1S/C18H22FNO3/c1-12(9-16(21)14-4-6-15(19)7-5-14)20-11-13-3-8-18(23-2)17(22)10-13/h3-8,10,12,16,20-22H,9,11H2,1-2H3. The Hall–Kier alpha value is -2.11. The fraction of sp³-hybridized carbons (Fsp3) is 0.333. The lowest BCUT2D eigenvalue weighted by Crippen LogP contribution is -2.27. The first kappa shape index (κ1) is 17.2. The third-order valence-electron chi connectivity index (χ3n) is 3.73. The van der Waals surface area contributed by atoms with Crippen LogP contribution in [0.1, 0.15) is 30.6 Å². The van der Waals surface area contributed by atoms with E-state index in [-0.39, 0.29) is 17.6 Å². The Bertz CT molecular complexity index is 631. The van der Waals surface area contributed by atoms with Crippen LogP contribution in [0.2, 0.25) is 0 Å². The van der Waals surface area contributed by atoms with Crippen LogP contribution in [0.4, 0.5) is 4.39 Å². The van der Waals surface area contributed by atoms with Crippen LogP contribution in [0, 0.1) is 5.82 Å². The van der Waals surface area contributed by atoms with E-state index in [1.54, 1.807) is 24.3 Å². The third kappa shape index (κ3) is 4.94. The molecule has 2 aromatic rings. The molecule has 0 amide bonds. The molecule has 5 heteroatoms. The smallest absolute Gasteiger partial charge is 0.160 e. The molecule has 124 valence electrons. The maximum absolute atomic E-state index is 12.9. The van der Waals surface area contributed by atoms with Crippen molar-refractivity contribution in [2.75, 3.05) is 7.11 Å². The number of benzene rings is 2. The summed E-state index contributed by atoms with van der Waals surface area (Å²) in [6, 6.07) is 11.2. The summed E-state index contributed by atoms with van der Waals surface area (Å²) in [6.07, 6.45) is -0.143.